The summed E-state index contributed by atoms with van der Waals surface area (Å²) < 4.78 is 15.6. The van der Waals surface area contributed by atoms with Gasteiger partial charge in [0, 0.05) is 5.41 Å². The highest BCUT2D eigenvalue weighted by molar-refractivity contribution is 5.45. The molecule has 0 radical (unpaired) electrons. The Balaban J connectivity index is 1.85. The number of hydrogen-bond acceptors (Lipinski definition) is 0. The molecule has 0 amide bonds. The lowest BCUT2D eigenvalue weighted by molar-refractivity contribution is -0.0375. The molecule has 4 aliphatic rings. The first-order valence-electron chi connectivity index (χ1n) is 11.1. The molecule has 8 unspecified atom stereocenters. The van der Waals surface area contributed by atoms with Crippen LogP contribution in [-0.2, 0) is 0 Å². The molecule has 8 atom stereocenters. The highest BCUT2D eigenvalue weighted by Crippen LogP contribution is 2.71. The summed E-state index contributed by atoms with van der Waals surface area (Å²) in [5.41, 5.74) is 5.51. The fraction of sp³-hybridized carbons (Fsp3) is 0.769. The van der Waals surface area contributed by atoms with Crippen molar-refractivity contribution in [2.75, 3.05) is 0 Å². The van der Waals surface area contributed by atoms with E-state index in [1.807, 2.05) is 0 Å². The van der Waals surface area contributed by atoms with Crippen molar-refractivity contribution in [1.29, 1.82) is 0 Å². The molecule has 0 saturated heterocycles. The molecule has 0 aromatic heterocycles. The SMILES string of the molecule is C=C1C(C)=C2C(C)CC3C(C(=C)CC4(C)C3CC(C)(C)C4F)C2(C)CC1C. The minimum atomic E-state index is -0.723. The zero-order valence-electron chi connectivity index (χ0n) is 18.6. The number of halogens is 1. The Kier molecular flexibility index (Phi) is 4.04. The second-order valence-corrected chi connectivity index (χ2v) is 11.9. The highest BCUT2D eigenvalue weighted by atomic mass is 19.1. The van der Waals surface area contributed by atoms with Crippen LogP contribution in [0.2, 0.25) is 0 Å². The van der Waals surface area contributed by atoms with Gasteiger partial charge in [0.05, 0.1) is 0 Å². The van der Waals surface area contributed by atoms with E-state index in [1.54, 1.807) is 5.57 Å². The van der Waals surface area contributed by atoms with Crippen LogP contribution in [0.3, 0.4) is 0 Å². The zero-order chi connectivity index (χ0) is 20.1. The lowest BCUT2D eigenvalue weighted by atomic mass is 9.43. The van der Waals surface area contributed by atoms with E-state index in [0.29, 0.717) is 29.6 Å². The van der Waals surface area contributed by atoms with Gasteiger partial charge >= 0.3 is 0 Å². The quantitative estimate of drug-likeness (QED) is 0.387. The summed E-state index contributed by atoms with van der Waals surface area (Å²) in [7, 11) is 0. The highest BCUT2D eigenvalue weighted by Gasteiger charge is 2.65. The fourth-order valence-electron chi connectivity index (χ4n) is 8.80. The molecule has 0 aliphatic heterocycles. The first-order chi connectivity index (χ1) is 12.3. The van der Waals surface area contributed by atoms with E-state index < -0.39 is 6.17 Å². The average Bonchev–Trinajstić information content (AvgIpc) is 2.72. The van der Waals surface area contributed by atoms with Crippen molar-refractivity contribution in [2.45, 2.75) is 80.3 Å². The van der Waals surface area contributed by atoms with Crippen molar-refractivity contribution in [2.24, 2.45) is 45.8 Å². The Bertz CT molecular complexity index is 739. The summed E-state index contributed by atoms with van der Waals surface area (Å²) in [6.45, 7) is 25.1. The van der Waals surface area contributed by atoms with Crippen molar-refractivity contribution in [3.05, 3.63) is 35.5 Å². The molecule has 0 aromatic rings. The molecule has 0 heterocycles. The molecule has 0 aromatic carbocycles. The van der Waals surface area contributed by atoms with E-state index in [2.05, 4.69) is 61.6 Å². The first-order valence-corrected chi connectivity index (χ1v) is 11.1. The summed E-state index contributed by atoms with van der Waals surface area (Å²) >= 11 is 0. The topological polar surface area (TPSA) is 0 Å². The van der Waals surface area contributed by atoms with E-state index in [9.17, 15) is 0 Å². The van der Waals surface area contributed by atoms with Gasteiger partial charge in [-0.05, 0) is 84.2 Å². The minimum absolute atomic E-state index is 0.171. The van der Waals surface area contributed by atoms with Gasteiger partial charge < -0.3 is 0 Å². The van der Waals surface area contributed by atoms with Crippen LogP contribution in [0.4, 0.5) is 4.39 Å². The number of allylic oxidation sites excluding steroid dienone is 4. The van der Waals surface area contributed by atoms with Crippen LogP contribution in [0, 0.1) is 45.8 Å². The van der Waals surface area contributed by atoms with Crippen LogP contribution in [-0.4, -0.2) is 6.17 Å². The molecule has 4 aliphatic carbocycles. The first kappa shape index (κ1) is 19.5. The second kappa shape index (κ2) is 5.61. The smallest absolute Gasteiger partial charge is 0.111 e. The van der Waals surface area contributed by atoms with Gasteiger partial charge in [-0.1, -0.05) is 65.8 Å². The molecule has 27 heavy (non-hydrogen) atoms. The third-order valence-electron chi connectivity index (χ3n) is 9.48. The van der Waals surface area contributed by atoms with Crippen molar-refractivity contribution < 1.29 is 4.39 Å². The van der Waals surface area contributed by atoms with Crippen LogP contribution in [0.15, 0.2) is 35.5 Å². The Morgan fingerprint density at radius 1 is 1.00 bits per heavy atom. The van der Waals surface area contributed by atoms with E-state index >= 15 is 4.39 Å². The summed E-state index contributed by atoms with van der Waals surface area (Å²) in [5.74, 6) is 2.66. The molecule has 1 heteroatoms. The van der Waals surface area contributed by atoms with Crippen molar-refractivity contribution in [3.63, 3.8) is 0 Å². The van der Waals surface area contributed by atoms with Gasteiger partial charge in [0.15, 0.2) is 0 Å². The van der Waals surface area contributed by atoms with E-state index in [4.69, 9.17) is 0 Å². The average molecular weight is 371 g/mol. The standard InChI is InChI=1S/C26H39F/c1-14-10-19-20-13-24(6,7)23(27)25(20,8)12-16(3)22(19)26(9)11-15(2)17(4)18(5)21(14)26/h14-15,19-20,22-23H,3-4,10-13H2,1-2,5-9H3. The van der Waals surface area contributed by atoms with Gasteiger partial charge in [-0.15, -0.1) is 0 Å². The molecule has 0 N–H and O–H groups in total. The van der Waals surface area contributed by atoms with Crippen LogP contribution < -0.4 is 0 Å². The van der Waals surface area contributed by atoms with Gasteiger partial charge in [-0.25, -0.2) is 4.39 Å². The number of hydrogen-bond donors (Lipinski definition) is 0. The van der Waals surface area contributed by atoms with Gasteiger partial charge in [-0.3, -0.25) is 0 Å². The number of fused-ring (bicyclic) bond motifs is 5. The van der Waals surface area contributed by atoms with Crippen molar-refractivity contribution in [1.82, 2.24) is 0 Å². The molecule has 3 saturated carbocycles. The summed E-state index contributed by atoms with van der Waals surface area (Å²) in [6.07, 6.45) is 3.54. The maximum Gasteiger partial charge on any atom is 0.111 e. The third-order valence-corrected chi connectivity index (χ3v) is 9.48. The van der Waals surface area contributed by atoms with Crippen molar-refractivity contribution >= 4 is 0 Å². The van der Waals surface area contributed by atoms with E-state index in [-0.39, 0.29) is 16.2 Å². The lowest BCUT2D eigenvalue weighted by Crippen LogP contribution is -2.54. The Morgan fingerprint density at radius 2 is 1.63 bits per heavy atom. The van der Waals surface area contributed by atoms with Crippen LogP contribution in [0.25, 0.3) is 0 Å². The van der Waals surface area contributed by atoms with Crippen LogP contribution >= 0.6 is 0 Å². The maximum atomic E-state index is 15.6. The predicted octanol–water partition coefficient (Wildman–Crippen LogP) is 7.53. The molecule has 150 valence electrons. The number of alkyl halides is 1. The Morgan fingerprint density at radius 3 is 2.26 bits per heavy atom. The van der Waals surface area contributed by atoms with Gasteiger partial charge in [0.1, 0.15) is 6.17 Å². The van der Waals surface area contributed by atoms with Crippen molar-refractivity contribution in [3.8, 4) is 0 Å². The molecule has 4 rings (SSSR count). The zero-order valence-corrected chi connectivity index (χ0v) is 18.6. The molecular weight excluding hydrogens is 331 g/mol. The third kappa shape index (κ3) is 2.32. The summed E-state index contributed by atoms with van der Waals surface area (Å²) in [4.78, 5) is 0. The van der Waals surface area contributed by atoms with Gasteiger partial charge in [0.25, 0.3) is 0 Å². The van der Waals surface area contributed by atoms with Gasteiger partial charge in [-0.2, -0.15) is 0 Å². The van der Waals surface area contributed by atoms with E-state index in [1.165, 1.54) is 29.6 Å². The largest absolute Gasteiger partial charge is 0.246 e. The van der Waals surface area contributed by atoms with Gasteiger partial charge in [0.2, 0.25) is 0 Å². The predicted molar refractivity (Wildman–Crippen MR) is 113 cm³/mol. The lowest BCUT2D eigenvalue weighted by Gasteiger charge is -2.61. The fourth-order valence-corrected chi connectivity index (χ4v) is 8.80. The number of rotatable bonds is 0. The summed E-state index contributed by atoms with van der Waals surface area (Å²) in [6, 6.07) is 0. The Labute approximate surface area is 166 Å². The normalized spacial score (nSPS) is 51.7. The monoisotopic (exact) mass is 370 g/mol. The Hall–Kier alpha value is -0.850. The molecule has 0 nitrogen and oxygen atoms in total. The van der Waals surface area contributed by atoms with Crippen LogP contribution in [0.1, 0.15) is 74.1 Å². The molecule has 0 spiro atoms. The van der Waals surface area contributed by atoms with Crippen LogP contribution in [0.5, 0.6) is 0 Å². The minimum Gasteiger partial charge on any atom is -0.246 e. The second-order valence-electron chi connectivity index (χ2n) is 11.9. The molecule has 0 bridgehead atoms. The summed E-state index contributed by atoms with van der Waals surface area (Å²) in [5, 5.41) is 0. The van der Waals surface area contributed by atoms with E-state index in [0.717, 1.165) is 12.8 Å². The molecular formula is C26H39F. The maximum absolute atomic E-state index is 15.6. The molecule has 3 fully saturated rings.